The topological polar surface area (TPSA) is 35.6 Å². The zero-order chi connectivity index (χ0) is 14.8. The van der Waals surface area contributed by atoms with Gasteiger partial charge >= 0.3 is 0 Å². The number of nitrogens with one attached hydrogen (secondary N) is 1. The van der Waals surface area contributed by atoms with E-state index in [1.54, 1.807) is 0 Å². The molecule has 4 unspecified atom stereocenters. The smallest absolute Gasteiger partial charge is 0.239 e. The van der Waals surface area contributed by atoms with Crippen LogP contribution >= 0.6 is 24.8 Å². The SMILES string of the molecule is CCN(CC)C1CCN(C(=O)C2CC3CCCCC3N2)C1.Cl.Cl. The fourth-order valence-corrected chi connectivity index (χ4v) is 4.71. The highest BCUT2D eigenvalue weighted by Gasteiger charge is 2.41. The molecule has 1 N–H and O–H groups in total. The van der Waals surface area contributed by atoms with Crippen LogP contribution < -0.4 is 5.32 Å². The van der Waals surface area contributed by atoms with Crippen molar-refractivity contribution >= 4 is 30.7 Å². The van der Waals surface area contributed by atoms with Crippen LogP contribution in [0.4, 0.5) is 0 Å². The summed E-state index contributed by atoms with van der Waals surface area (Å²) < 4.78 is 0. The van der Waals surface area contributed by atoms with Gasteiger partial charge in [-0.2, -0.15) is 0 Å². The van der Waals surface area contributed by atoms with Crippen LogP contribution in [0.5, 0.6) is 0 Å². The van der Waals surface area contributed by atoms with Crippen molar-refractivity contribution in [2.75, 3.05) is 26.2 Å². The van der Waals surface area contributed by atoms with Crippen molar-refractivity contribution in [2.45, 2.75) is 70.5 Å². The molecule has 2 saturated heterocycles. The maximum Gasteiger partial charge on any atom is 0.239 e. The van der Waals surface area contributed by atoms with E-state index in [2.05, 4.69) is 29.0 Å². The molecule has 4 nitrogen and oxygen atoms in total. The molecule has 1 saturated carbocycles. The molecule has 0 aromatic heterocycles. The molecule has 3 rings (SSSR count). The molecule has 3 aliphatic rings. The Balaban J connectivity index is 0.00000132. The summed E-state index contributed by atoms with van der Waals surface area (Å²) in [5.41, 5.74) is 0. The van der Waals surface area contributed by atoms with Crippen LogP contribution in [-0.2, 0) is 4.79 Å². The minimum absolute atomic E-state index is 0. The standard InChI is InChI=1S/C17H31N3O.2ClH/c1-3-19(4-2)14-9-10-20(12-14)17(21)16-11-13-7-5-6-8-15(13)18-16;;/h13-16,18H,3-12H2,1-2H3;2*1H. The fraction of sp³-hybridized carbons (Fsp3) is 0.941. The largest absolute Gasteiger partial charge is 0.340 e. The van der Waals surface area contributed by atoms with Crippen molar-refractivity contribution in [1.29, 1.82) is 0 Å². The molecule has 2 aliphatic heterocycles. The highest BCUT2D eigenvalue weighted by molar-refractivity contribution is 5.85. The molecule has 136 valence electrons. The van der Waals surface area contributed by atoms with Crippen molar-refractivity contribution in [3.05, 3.63) is 0 Å². The second kappa shape index (κ2) is 9.45. The lowest BCUT2D eigenvalue weighted by molar-refractivity contribution is -0.132. The molecule has 0 bridgehead atoms. The monoisotopic (exact) mass is 365 g/mol. The van der Waals surface area contributed by atoms with Crippen LogP contribution in [-0.4, -0.2) is 60.0 Å². The van der Waals surface area contributed by atoms with Gasteiger partial charge in [0.25, 0.3) is 0 Å². The summed E-state index contributed by atoms with van der Waals surface area (Å²) in [6.45, 7) is 8.51. The van der Waals surface area contributed by atoms with E-state index in [1.165, 1.54) is 25.7 Å². The number of fused-ring (bicyclic) bond motifs is 1. The maximum atomic E-state index is 12.8. The quantitative estimate of drug-likeness (QED) is 0.831. The average molecular weight is 366 g/mol. The normalized spacial score (nSPS) is 33.1. The van der Waals surface area contributed by atoms with Crippen molar-refractivity contribution in [1.82, 2.24) is 15.1 Å². The molecule has 23 heavy (non-hydrogen) atoms. The van der Waals surface area contributed by atoms with Crippen molar-refractivity contribution < 1.29 is 4.79 Å². The van der Waals surface area contributed by atoms with Gasteiger partial charge in [0.05, 0.1) is 6.04 Å². The van der Waals surface area contributed by atoms with Gasteiger partial charge in [0, 0.05) is 25.2 Å². The van der Waals surface area contributed by atoms with Crippen LogP contribution in [0.15, 0.2) is 0 Å². The number of likely N-dealkylation sites (N-methyl/N-ethyl adjacent to an activating group) is 1. The number of hydrogen-bond acceptors (Lipinski definition) is 3. The van der Waals surface area contributed by atoms with E-state index >= 15 is 0 Å². The second-order valence-corrected chi connectivity index (χ2v) is 7.05. The van der Waals surface area contributed by atoms with E-state index in [9.17, 15) is 4.79 Å². The first kappa shape index (κ1) is 21.0. The zero-order valence-electron chi connectivity index (χ0n) is 14.5. The van der Waals surface area contributed by atoms with Crippen molar-refractivity contribution in [3.63, 3.8) is 0 Å². The Kier molecular flexibility index (Phi) is 8.64. The summed E-state index contributed by atoms with van der Waals surface area (Å²) in [6.07, 6.45) is 7.52. The van der Waals surface area contributed by atoms with Gasteiger partial charge in [-0.15, -0.1) is 24.8 Å². The summed E-state index contributed by atoms with van der Waals surface area (Å²) in [7, 11) is 0. The van der Waals surface area contributed by atoms with Gasteiger partial charge in [-0.05, 0) is 44.7 Å². The number of rotatable bonds is 4. The lowest BCUT2D eigenvalue weighted by Crippen LogP contribution is -2.46. The Labute approximate surface area is 153 Å². The van der Waals surface area contributed by atoms with E-state index < -0.39 is 0 Å². The zero-order valence-corrected chi connectivity index (χ0v) is 16.1. The number of carbonyl (C=O) groups is 1. The van der Waals surface area contributed by atoms with Gasteiger partial charge in [0.15, 0.2) is 0 Å². The molecule has 0 aromatic carbocycles. The van der Waals surface area contributed by atoms with Crippen LogP contribution in [0.25, 0.3) is 0 Å². The molecule has 1 amide bonds. The van der Waals surface area contributed by atoms with E-state index in [0.29, 0.717) is 18.0 Å². The molecule has 2 heterocycles. The molecule has 4 atom stereocenters. The molecule has 0 spiro atoms. The van der Waals surface area contributed by atoms with Crippen LogP contribution in [0.2, 0.25) is 0 Å². The molecule has 3 fully saturated rings. The Hall–Kier alpha value is -0.0300. The van der Waals surface area contributed by atoms with Gasteiger partial charge in [-0.1, -0.05) is 26.7 Å². The number of halogens is 2. The lowest BCUT2D eigenvalue weighted by Gasteiger charge is -2.27. The number of carbonyl (C=O) groups excluding carboxylic acids is 1. The molecule has 6 heteroatoms. The summed E-state index contributed by atoms with van der Waals surface area (Å²) in [4.78, 5) is 17.4. The minimum Gasteiger partial charge on any atom is -0.340 e. The van der Waals surface area contributed by atoms with E-state index in [0.717, 1.165) is 44.9 Å². The van der Waals surface area contributed by atoms with E-state index in [-0.39, 0.29) is 30.9 Å². The third-order valence-electron chi connectivity index (χ3n) is 5.96. The first-order chi connectivity index (χ1) is 10.2. The van der Waals surface area contributed by atoms with Gasteiger partial charge in [0.2, 0.25) is 5.91 Å². The van der Waals surface area contributed by atoms with Gasteiger partial charge in [0.1, 0.15) is 0 Å². The van der Waals surface area contributed by atoms with Crippen LogP contribution in [0, 0.1) is 5.92 Å². The Bertz CT molecular complexity index is 365. The Morgan fingerprint density at radius 3 is 2.48 bits per heavy atom. The van der Waals surface area contributed by atoms with E-state index in [4.69, 9.17) is 0 Å². The summed E-state index contributed by atoms with van der Waals surface area (Å²) >= 11 is 0. The number of amides is 1. The first-order valence-corrected chi connectivity index (χ1v) is 9.01. The highest BCUT2D eigenvalue weighted by Crippen LogP contribution is 2.34. The van der Waals surface area contributed by atoms with Gasteiger partial charge < -0.3 is 10.2 Å². The van der Waals surface area contributed by atoms with Gasteiger partial charge in [-0.25, -0.2) is 0 Å². The van der Waals surface area contributed by atoms with Crippen LogP contribution in [0.1, 0.15) is 52.4 Å². The molecular weight excluding hydrogens is 333 g/mol. The second-order valence-electron chi connectivity index (χ2n) is 7.05. The van der Waals surface area contributed by atoms with Gasteiger partial charge in [-0.3, -0.25) is 9.69 Å². The summed E-state index contributed by atoms with van der Waals surface area (Å²) in [6, 6.07) is 1.30. The Morgan fingerprint density at radius 2 is 1.83 bits per heavy atom. The predicted molar refractivity (Wildman–Crippen MR) is 99.7 cm³/mol. The fourth-order valence-electron chi connectivity index (χ4n) is 4.71. The maximum absolute atomic E-state index is 12.8. The summed E-state index contributed by atoms with van der Waals surface area (Å²) in [5.74, 6) is 1.13. The third-order valence-corrected chi connectivity index (χ3v) is 5.96. The lowest BCUT2D eigenvalue weighted by atomic mass is 9.85. The number of hydrogen-bond donors (Lipinski definition) is 1. The predicted octanol–water partition coefficient (Wildman–Crippen LogP) is 2.69. The molecular formula is C17H33Cl2N3O. The van der Waals surface area contributed by atoms with Crippen LogP contribution in [0.3, 0.4) is 0 Å². The Morgan fingerprint density at radius 1 is 1.13 bits per heavy atom. The molecule has 1 aliphatic carbocycles. The average Bonchev–Trinajstić information content (AvgIpc) is 3.14. The van der Waals surface area contributed by atoms with E-state index in [1.807, 2.05) is 0 Å². The molecule has 0 radical (unpaired) electrons. The summed E-state index contributed by atoms with van der Waals surface area (Å²) in [5, 5.41) is 3.64. The highest BCUT2D eigenvalue weighted by atomic mass is 35.5. The third kappa shape index (κ3) is 4.53. The number of nitrogens with zero attached hydrogens (tertiary/aromatic N) is 2. The first-order valence-electron chi connectivity index (χ1n) is 9.01. The number of likely N-dealkylation sites (tertiary alicyclic amines) is 1. The van der Waals surface area contributed by atoms with Crippen molar-refractivity contribution in [3.8, 4) is 0 Å². The minimum atomic E-state index is 0. The van der Waals surface area contributed by atoms with Crippen molar-refractivity contribution in [2.24, 2.45) is 5.92 Å². The molecule has 0 aromatic rings.